The van der Waals surface area contributed by atoms with Gasteiger partial charge in [-0.25, -0.2) is 0 Å². The Morgan fingerprint density at radius 3 is 2.74 bits per heavy atom. The summed E-state index contributed by atoms with van der Waals surface area (Å²) >= 11 is 0. The van der Waals surface area contributed by atoms with Crippen LogP contribution in [-0.4, -0.2) is 25.7 Å². The van der Waals surface area contributed by atoms with E-state index in [4.69, 9.17) is 0 Å². The predicted octanol–water partition coefficient (Wildman–Crippen LogP) is 3.32. The first-order valence-electron chi connectivity index (χ1n) is 7.62. The minimum atomic E-state index is 0.579. The lowest BCUT2D eigenvalue weighted by molar-refractivity contribution is 0.447. The Hall–Kier alpha value is -1.02. The van der Waals surface area contributed by atoms with Crippen LogP contribution in [0.4, 0.5) is 5.69 Å². The molecule has 106 valence electrons. The first kappa shape index (κ1) is 14.4. The Morgan fingerprint density at radius 1 is 1.26 bits per heavy atom. The molecule has 1 N–H and O–H groups in total. The van der Waals surface area contributed by atoms with Gasteiger partial charge in [-0.1, -0.05) is 45.9 Å². The third-order valence-electron chi connectivity index (χ3n) is 3.84. The number of nitrogens with one attached hydrogen (secondary N) is 1. The van der Waals surface area contributed by atoms with Crippen LogP contribution in [0.25, 0.3) is 0 Å². The van der Waals surface area contributed by atoms with E-state index in [9.17, 15) is 0 Å². The van der Waals surface area contributed by atoms with Crippen LogP contribution in [0.5, 0.6) is 0 Å². The largest absolute Gasteiger partial charge is 0.371 e. The van der Waals surface area contributed by atoms with E-state index >= 15 is 0 Å². The molecule has 0 bridgehead atoms. The number of hydrogen-bond donors (Lipinski definition) is 1. The molecule has 1 heterocycles. The summed E-state index contributed by atoms with van der Waals surface area (Å²) in [5.41, 5.74) is 2.97. The molecule has 2 unspecified atom stereocenters. The highest BCUT2D eigenvalue weighted by Crippen LogP contribution is 2.29. The van der Waals surface area contributed by atoms with Crippen molar-refractivity contribution in [2.45, 2.75) is 40.2 Å². The Balaban J connectivity index is 2.00. The minimum absolute atomic E-state index is 0.579. The van der Waals surface area contributed by atoms with Crippen LogP contribution < -0.4 is 10.2 Å². The van der Waals surface area contributed by atoms with Gasteiger partial charge in [-0.05, 0) is 36.4 Å². The Bertz CT molecular complexity index is 400. The van der Waals surface area contributed by atoms with Crippen LogP contribution in [0.1, 0.15) is 33.3 Å². The normalized spacial score (nSPS) is 20.5. The molecule has 1 aliphatic heterocycles. The van der Waals surface area contributed by atoms with Gasteiger partial charge >= 0.3 is 0 Å². The van der Waals surface area contributed by atoms with Gasteiger partial charge in [0.05, 0.1) is 0 Å². The van der Waals surface area contributed by atoms with E-state index < -0.39 is 0 Å². The van der Waals surface area contributed by atoms with E-state index in [1.807, 2.05) is 0 Å². The molecular weight excluding hydrogens is 232 g/mol. The van der Waals surface area contributed by atoms with Crippen molar-refractivity contribution in [1.29, 1.82) is 0 Å². The quantitative estimate of drug-likeness (QED) is 0.873. The fourth-order valence-electron chi connectivity index (χ4n) is 2.96. The molecule has 0 aromatic heterocycles. The highest BCUT2D eigenvalue weighted by Gasteiger charge is 2.22. The zero-order valence-corrected chi connectivity index (χ0v) is 12.8. The fraction of sp³-hybridized carbons (Fsp3) is 0.647. The third-order valence-corrected chi connectivity index (χ3v) is 3.84. The molecule has 0 saturated carbocycles. The molecule has 0 saturated heterocycles. The third kappa shape index (κ3) is 3.97. The molecule has 0 fully saturated rings. The lowest BCUT2D eigenvalue weighted by atomic mass is 9.93. The smallest absolute Gasteiger partial charge is 0.0399 e. The van der Waals surface area contributed by atoms with Gasteiger partial charge in [0.15, 0.2) is 0 Å². The molecule has 2 rings (SSSR count). The summed E-state index contributed by atoms with van der Waals surface area (Å²) in [6.07, 6.45) is 1.23. The Labute approximate surface area is 118 Å². The van der Waals surface area contributed by atoms with Crippen molar-refractivity contribution >= 4 is 5.69 Å². The molecular formula is C17H28N2. The SMILES string of the molecule is CC(CNC(C)C)CN1CC(C)Cc2ccccc21. The lowest BCUT2D eigenvalue weighted by Gasteiger charge is -2.36. The van der Waals surface area contributed by atoms with E-state index in [0.717, 1.165) is 19.0 Å². The number of rotatable bonds is 5. The number of hydrogen-bond acceptors (Lipinski definition) is 2. The first-order valence-corrected chi connectivity index (χ1v) is 7.62. The maximum Gasteiger partial charge on any atom is 0.0399 e. The maximum atomic E-state index is 3.54. The van der Waals surface area contributed by atoms with Gasteiger partial charge in [-0.3, -0.25) is 0 Å². The second-order valence-electron chi connectivity index (χ2n) is 6.51. The number of fused-ring (bicyclic) bond motifs is 1. The van der Waals surface area contributed by atoms with Crippen LogP contribution in [0.15, 0.2) is 24.3 Å². The number of nitrogens with zero attached hydrogens (tertiary/aromatic N) is 1. The van der Waals surface area contributed by atoms with Crippen LogP contribution in [0.3, 0.4) is 0 Å². The van der Waals surface area contributed by atoms with Crippen molar-refractivity contribution in [2.75, 3.05) is 24.5 Å². The second kappa shape index (κ2) is 6.42. The van der Waals surface area contributed by atoms with E-state index in [0.29, 0.717) is 12.0 Å². The summed E-state index contributed by atoms with van der Waals surface area (Å²) in [6, 6.07) is 9.48. The molecule has 2 atom stereocenters. The zero-order valence-electron chi connectivity index (χ0n) is 12.8. The molecule has 0 aliphatic carbocycles. The molecule has 0 spiro atoms. The second-order valence-corrected chi connectivity index (χ2v) is 6.51. The Kier molecular flexibility index (Phi) is 4.87. The van der Waals surface area contributed by atoms with Gasteiger partial charge in [0, 0.05) is 24.8 Å². The summed E-state index contributed by atoms with van der Waals surface area (Å²) in [4.78, 5) is 2.58. The zero-order chi connectivity index (χ0) is 13.8. The summed E-state index contributed by atoms with van der Waals surface area (Å²) in [5, 5.41) is 3.54. The van der Waals surface area contributed by atoms with Gasteiger partial charge in [0.2, 0.25) is 0 Å². The average molecular weight is 260 g/mol. The van der Waals surface area contributed by atoms with Crippen molar-refractivity contribution in [3.05, 3.63) is 29.8 Å². The highest BCUT2D eigenvalue weighted by atomic mass is 15.1. The van der Waals surface area contributed by atoms with Crippen LogP contribution >= 0.6 is 0 Å². The van der Waals surface area contributed by atoms with Crippen molar-refractivity contribution in [1.82, 2.24) is 5.32 Å². The molecule has 1 aromatic carbocycles. The molecule has 1 aliphatic rings. The molecule has 0 amide bonds. The molecule has 19 heavy (non-hydrogen) atoms. The Morgan fingerprint density at radius 2 is 2.00 bits per heavy atom. The summed E-state index contributed by atoms with van der Waals surface area (Å²) in [7, 11) is 0. The van der Waals surface area contributed by atoms with Crippen molar-refractivity contribution in [3.8, 4) is 0 Å². The minimum Gasteiger partial charge on any atom is -0.371 e. The maximum absolute atomic E-state index is 3.54. The summed E-state index contributed by atoms with van der Waals surface area (Å²) < 4.78 is 0. The van der Waals surface area contributed by atoms with E-state index in [1.165, 1.54) is 24.2 Å². The standard InChI is InChI=1S/C17H28N2/c1-13(2)18-10-15(4)12-19-11-14(3)9-16-7-5-6-8-17(16)19/h5-8,13-15,18H,9-12H2,1-4H3. The first-order chi connectivity index (χ1) is 9.06. The van der Waals surface area contributed by atoms with Crippen LogP contribution in [0, 0.1) is 11.8 Å². The molecule has 2 heteroatoms. The van der Waals surface area contributed by atoms with Gasteiger partial charge in [0.25, 0.3) is 0 Å². The highest BCUT2D eigenvalue weighted by molar-refractivity contribution is 5.55. The van der Waals surface area contributed by atoms with Gasteiger partial charge < -0.3 is 10.2 Å². The molecule has 0 radical (unpaired) electrons. The monoisotopic (exact) mass is 260 g/mol. The van der Waals surface area contributed by atoms with E-state index in [1.54, 1.807) is 0 Å². The predicted molar refractivity (Wildman–Crippen MR) is 83.8 cm³/mol. The average Bonchev–Trinajstić information content (AvgIpc) is 2.36. The fourth-order valence-corrected chi connectivity index (χ4v) is 2.96. The number of benzene rings is 1. The topological polar surface area (TPSA) is 15.3 Å². The molecule has 1 aromatic rings. The van der Waals surface area contributed by atoms with Crippen molar-refractivity contribution in [3.63, 3.8) is 0 Å². The van der Waals surface area contributed by atoms with Crippen LogP contribution in [0.2, 0.25) is 0 Å². The van der Waals surface area contributed by atoms with Crippen molar-refractivity contribution < 1.29 is 0 Å². The van der Waals surface area contributed by atoms with E-state index in [2.05, 4.69) is 62.2 Å². The van der Waals surface area contributed by atoms with E-state index in [-0.39, 0.29) is 0 Å². The van der Waals surface area contributed by atoms with Crippen LogP contribution in [-0.2, 0) is 6.42 Å². The summed E-state index contributed by atoms with van der Waals surface area (Å²) in [5.74, 6) is 1.45. The van der Waals surface area contributed by atoms with Crippen molar-refractivity contribution in [2.24, 2.45) is 11.8 Å². The number of anilines is 1. The summed E-state index contributed by atoms with van der Waals surface area (Å²) in [6.45, 7) is 12.6. The van der Waals surface area contributed by atoms with Gasteiger partial charge in [0.1, 0.15) is 0 Å². The number of para-hydroxylation sites is 1. The molecule has 2 nitrogen and oxygen atoms in total. The van der Waals surface area contributed by atoms with Gasteiger partial charge in [-0.2, -0.15) is 0 Å². The lowest BCUT2D eigenvalue weighted by Crippen LogP contribution is -2.40. The van der Waals surface area contributed by atoms with Gasteiger partial charge in [-0.15, -0.1) is 0 Å².